The van der Waals surface area contributed by atoms with Gasteiger partial charge in [-0.3, -0.25) is 9.69 Å². The Morgan fingerprint density at radius 1 is 1.27 bits per heavy atom. The van der Waals surface area contributed by atoms with Gasteiger partial charge in [-0.1, -0.05) is 29.8 Å². The van der Waals surface area contributed by atoms with Crippen molar-refractivity contribution in [2.75, 3.05) is 19.5 Å². The van der Waals surface area contributed by atoms with Crippen LogP contribution in [0.5, 0.6) is 0 Å². The molecular formula is C21H21ClFNO2. The molecule has 0 atom stereocenters. The lowest BCUT2D eigenvalue weighted by Crippen LogP contribution is -2.42. The summed E-state index contributed by atoms with van der Waals surface area (Å²) in [7, 11) is 0. The summed E-state index contributed by atoms with van der Waals surface area (Å²) in [6, 6.07) is 2.24. The van der Waals surface area contributed by atoms with E-state index in [9.17, 15) is 14.3 Å². The van der Waals surface area contributed by atoms with Crippen LogP contribution in [0.3, 0.4) is 0 Å². The van der Waals surface area contributed by atoms with Crippen molar-refractivity contribution in [2.24, 2.45) is 0 Å². The van der Waals surface area contributed by atoms with Crippen LogP contribution in [-0.4, -0.2) is 35.3 Å². The third-order valence-corrected chi connectivity index (χ3v) is 4.06. The smallest absolute Gasteiger partial charge is 0.185 e. The van der Waals surface area contributed by atoms with Crippen molar-refractivity contribution in [1.82, 2.24) is 4.90 Å². The van der Waals surface area contributed by atoms with Gasteiger partial charge < -0.3 is 5.11 Å². The van der Waals surface area contributed by atoms with Crippen LogP contribution in [-0.2, 0) is 5.60 Å². The average Bonchev–Trinajstić information content (AvgIpc) is 2.72. The van der Waals surface area contributed by atoms with Crippen molar-refractivity contribution >= 4 is 17.4 Å². The van der Waals surface area contributed by atoms with Crippen molar-refractivity contribution in [1.29, 1.82) is 0 Å². The number of likely N-dealkylation sites (tertiary alicyclic amines) is 1. The molecule has 3 nitrogen and oxygen atoms in total. The number of benzene rings is 2. The SMILES string of the molecule is [2H]c1c([2H])c(C2(O)CC([2H])([2H])N(C/C=C/C(=O)c3ccc(F)cc3)C([2H])([2H])C2)c([2H])c([2H])c1Cl. The first-order chi connectivity index (χ1) is 15.6. The van der Waals surface area contributed by atoms with Gasteiger partial charge in [0.05, 0.1) is 11.1 Å². The zero-order valence-corrected chi connectivity index (χ0v) is 14.4. The minimum absolute atomic E-state index is 0.197. The number of allylic oxidation sites excluding steroid dienone is 1. The quantitative estimate of drug-likeness (QED) is 0.623. The van der Waals surface area contributed by atoms with E-state index in [0.717, 1.165) is 23.1 Å². The van der Waals surface area contributed by atoms with Gasteiger partial charge in [-0.05, 0) is 60.8 Å². The van der Waals surface area contributed by atoms with Gasteiger partial charge >= 0.3 is 0 Å². The molecule has 136 valence electrons. The molecule has 1 N–H and O–H groups in total. The molecular weight excluding hydrogens is 353 g/mol. The van der Waals surface area contributed by atoms with E-state index in [4.69, 9.17) is 22.6 Å². The number of hydrogen-bond donors (Lipinski definition) is 1. The van der Waals surface area contributed by atoms with Gasteiger partial charge in [0.2, 0.25) is 0 Å². The second-order valence-corrected chi connectivity index (χ2v) is 6.15. The van der Waals surface area contributed by atoms with E-state index >= 15 is 0 Å². The highest BCUT2D eigenvalue weighted by Gasteiger charge is 2.33. The maximum Gasteiger partial charge on any atom is 0.185 e. The van der Waals surface area contributed by atoms with Crippen molar-refractivity contribution in [3.8, 4) is 0 Å². The van der Waals surface area contributed by atoms with Gasteiger partial charge in [-0.15, -0.1) is 0 Å². The Kier molecular flexibility index (Phi) is 3.43. The van der Waals surface area contributed by atoms with Gasteiger partial charge in [-0.2, -0.15) is 0 Å². The zero-order valence-electron chi connectivity index (χ0n) is 21.6. The second-order valence-electron chi connectivity index (χ2n) is 5.77. The lowest BCUT2D eigenvalue weighted by molar-refractivity contribution is -0.0234. The summed E-state index contributed by atoms with van der Waals surface area (Å²) in [6.45, 7) is -5.34. The van der Waals surface area contributed by atoms with Gasteiger partial charge in [0.1, 0.15) is 5.82 Å². The molecule has 0 amide bonds. The standard InChI is InChI=1S/C21H21ClFNO2/c22-18-7-5-17(6-8-18)21(26)11-14-24(15-12-21)13-1-2-20(25)16-3-9-19(23)10-4-16/h1-10,26H,11-15H2/b2-1+/i5D,6D,7D,8D,14D2,15D2. The summed E-state index contributed by atoms with van der Waals surface area (Å²) in [4.78, 5) is 13.0. The fourth-order valence-corrected chi connectivity index (χ4v) is 2.48. The highest BCUT2D eigenvalue weighted by atomic mass is 35.5. The van der Waals surface area contributed by atoms with Crippen LogP contribution in [0.2, 0.25) is 5.02 Å². The number of aliphatic hydroxyl groups is 1. The molecule has 1 fully saturated rings. The van der Waals surface area contributed by atoms with E-state index in [0.29, 0.717) is 0 Å². The summed E-state index contributed by atoms with van der Waals surface area (Å²) >= 11 is 5.81. The van der Waals surface area contributed by atoms with Crippen LogP contribution in [0, 0.1) is 5.82 Å². The zero-order chi connectivity index (χ0) is 25.6. The molecule has 0 saturated carbocycles. The van der Waals surface area contributed by atoms with Crippen LogP contribution in [0.4, 0.5) is 4.39 Å². The largest absolute Gasteiger partial charge is 0.385 e. The maximum absolute atomic E-state index is 13.0. The topological polar surface area (TPSA) is 40.5 Å². The number of halogens is 2. The molecule has 0 radical (unpaired) electrons. The van der Waals surface area contributed by atoms with Crippen LogP contribution in [0.15, 0.2) is 60.6 Å². The Labute approximate surface area is 169 Å². The number of rotatable bonds is 5. The predicted molar refractivity (Wildman–Crippen MR) is 101 cm³/mol. The second kappa shape index (κ2) is 8.12. The fraction of sp³-hybridized carbons (Fsp3) is 0.286. The minimum atomic E-state index is -2.50. The molecule has 1 saturated heterocycles. The molecule has 2 aromatic carbocycles. The Balaban J connectivity index is 1.90. The van der Waals surface area contributed by atoms with E-state index in [2.05, 4.69) is 0 Å². The fourth-order valence-electron chi connectivity index (χ4n) is 2.38. The molecule has 26 heavy (non-hydrogen) atoms. The molecule has 5 heteroatoms. The van der Waals surface area contributed by atoms with Crippen molar-refractivity contribution in [3.05, 3.63) is 82.6 Å². The van der Waals surface area contributed by atoms with Crippen molar-refractivity contribution in [2.45, 2.75) is 18.4 Å². The van der Waals surface area contributed by atoms with Gasteiger partial charge in [-0.25, -0.2) is 4.39 Å². The maximum atomic E-state index is 13.0. The van der Waals surface area contributed by atoms with Crippen molar-refractivity contribution in [3.63, 3.8) is 0 Å². The Morgan fingerprint density at radius 2 is 1.88 bits per heavy atom. The predicted octanol–water partition coefficient (Wildman–Crippen LogP) is 4.20. The summed E-state index contributed by atoms with van der Waals surface area (Å²) < 4.78 is 78.6. The third-order valence-electron chi connectivity index (χ3n) is 3.87. The molecule has 0 unspecified atom stereocenters. The summed E-state index contributed by atoms with van der Waals surface area (Å²) in [5, 5.41) is 10.8. The molecule has 0 bridgehead atoms. The van der Waals surface area contributed by atoms with E-state index < -0.39 is 77.8 Å². The van der Waals surface area contributed by atoms with Gasteiger partial charge in [0.15, 0.2) is 5.78 Å². The van der Waals surface area contributed by atoms with Crippen LogP contribution >= 0.6 is 11.6 Å². The van der Waals surface area contributed by atoms with Crippen LogP contribution in [0.25, 0.3) is 0 Å². The average molecular weight is 382 g/mol. The van der Waals surface area contributed by atoms with Crippen LogP contribution in [0.1, 0.15) is 39.7 Å². The summed E-state index contributed by atoms with van der Waals surface area (Å²) in [5.41, 5.74) is -2.69. The number of piperidine rings is 1. The molecule has 2 aromatic rings. The number of carbonyl (C=O) groups is 1. The molecule has 1 aliphatic heterocycles. The Hall–Kier alpha value is -2.01. The van der Waals surface area contributed by atoms with Crippen LogP contribution < -0.4 is 0 Å². The van der Waals surface area contributed by atoms with Crippen molar-refractivity contribution < 1.29 is 25.3 Å². The molecule has 1 aliphatic rings. The first-order valence-corrected chi connectivity index (χ1v) is 8.21. The molecule has 0 aromatic heterocycles. The van der Waals surface area contributed by atoms with Gasteiger partial charge in [0.25, 0.3) is 0 Å². The van der Waals surface area contributed by atoms with E-state index in [-0.39, 0.29) is 12.1 Å². The Bertz CT molecular complexity index is 1110. The molecule has 1 heterocycles. The molecule has 0 aliphatic carbocycles. The summed E-state index contributed by atoms with van der Waals surface area (Å²) in [5.74, 6) is -0.996. The lowest BCUT2D eigenvalue weighted by Gasteiger charge is -2.38. The highest BCUT2D eigenvalue weighted by Crippen LogP contribution is 2.33. The number of nitrogens with zero attached hydrogens (tertiary/aromatic N) is 1. The monoisotopic (exact) mass is 381 g/mol. The summed E-state index contributed by atoms with van der Waals surface area (Å²) in [6.07, 6.45) is 0.862. The van der Waals surface area contributed by atoms with E-state index in [1.165, 1.54) is 18.2 Å². The number of ketones is 1. The van der Waals surface area contributed by atoms with Gasteiger partial charge in [0, 0.05) is 35.6 Å². The molecule has 0 spiro atoms. The van der Waals surface area contributed by atoms with E-state index in [1.54, 1.807) is 0 Å². The lowest BCUT2D eigenvalue weighted by atomic mass is 9.84. The number of carbonyl (C=O) groups excluding carboxylic acids is 1. The minimum Gasteiger partial charge on any atom is -0.385 e. The highest BCUT2D eigenvalue weighted by molar-refractivity contribution is 6.30. The normalized spacial score (nSPS) is 25.8. The third kappa shape index (κ3) is 4.58. The number of hydrogen-bond acceptors (Lipinski definition) is 3. The first-order valence-electron chi connectivity index (χ1n) is 11.8. The van der Waals surface area contributed by atoms with E-state index in [1.807, 2.05) is 0 Å². The first kappa shape index (κ1) is 11.0. The Morgan fingerprint density at radius 3 is 2.50 bits per heavy atom. The molecule has 3 rings (SSSR count).